The Labute approximate surface area is 131 Å². The maximum atomic E-state index is 12.1. The van der Waals surface area contributed by atoms with E-state index in [1.54, 1.807) is 30.3 Å². The van der Waals surface area contributed by atoms with Crippen molar-refractivity contribution in [1.82, 2.24) is 20.2 Å². The molecule has 0 saturated heterocycles. The first-order valence-electron chi connectivity index (χ1n) is 6.94. The normalized spacial score (nSPS) is 13.0. The number of fused-ring (bicyclic) bond motifs is 1. The molecule has 0 bridgehead atoms. The molecule has 8 nitrogen and oxygen atoms in total. The van der Waals surface area contributed by atoms with E-state index in [0.717, 1.165) is 4.90 Å². The number of benzene rings is 1. The maximum absolute atomic E-state index is 12.1. The molecule has 0 atom stereocenters. The fraction of sp³-hybridized carbons (Fsp3) is 0.133. The van der Waals surface area contributed by atoms with Crippen molar-refractivity contribution in [1.29, 1.82) is 0 Å². The highest BCUT2D eigenvalue weighted by atomic mass is 16.2. The molecular formula is C15H13N5O3. The summed E-state index contributed by atoms with van der Waals surface area (Å²) in [6, 6.07) is 7.77. The van der Waals surface area contributed by atoms with Crippen molar-refractivity contribution in [2.45, 2.75) is 0 Å². The third kappa shape index (κ3) is 3.00. The standard InChI is InChI=1S/C15H13N5O3/c21-12-10-4-1-2-5-11(10)13(22)20(12)9-8-18-15(23)19-14-16-6-3-7-17-14/h1-7H,8-9H2,(H2,16,17,18,19,23). The van der Waals surface area contributed by atoms with Crippen LogP contribution in [0.25, 0.3) is 0 Å². The number of urea groups is 1. The van der Waals surface area contributed by atoms with Crippen molar-refractivity contribution >= 4 is 23.8 Å². The largest absolute Gasteiger partial charge is 0.336 e. The molecule has 1 aromatic heterocycles. The minimum absolute atomic E-state index is 0.0927. The SMILES string of the molecule is O=C(NCCN1C(=O)c2ccccc2C1=O)Nc1ncccn1. The second-order valence-electron chi connectivity index (χ2n) is 4.76. The van der Waals surface area contributed by atoms with Crippen LogP contribution in [0.4, 0.5) is 10.7 Å². The number of carbonyl (C=O) groups excluding carboxylic acids is 3. The average molecular weight is 311 g/mol. The number of rotatable bonds is 4. The number of amides is 4. The van der Waals surface area contributed by atoms with Gasteiger partial charge in [-0.1, -0.05) is 12.1 Å². The van der Waals surface area contributed by atoms with Crippen LogP contribution in [0.15, 0.2) is 42.7 Å². The quantitative estimate of drug-likeness (QED) is 0.816. The van der Waals surface area contributed by atoms with Gasteiger partial charge in [0.15, 0.2) is 0 Å². The summed E-state index contributed by atoms with van der Waals surface area (Å²) >= 11 is 0. The average Bonchev–Trinajstić information content (AvgIpc) is 2.81. The van der Waals surface area contributed by atoms with Crippen LogP contribution < -0.4 is 10.6 Å². The van der Waals surface area contributed by atoms with Crippen LogP contribution in [-0.4, -0.2) is 45.8 Å². The number of anilines is 1. The summed E-state index contributed by atoms with van der Waals surface area (Å²) in [5, 5.41) is 5.00. The molecular weight excluding hydrogens is 298 g/mol. The molecule has 0 spiro atoms. The third-order valence-electron chi connectivity index (χ3n) is 3.29. The van der Waals surface area contributed by atoms with E-state index in [1.165, 1.54) is 12.4 Å². The molecule has 1 aromatic carbocycles. The van der Waals surface area contributed by atoms with Crippen LogP contribution in [0.1, 0.15) is 20.7 Å². The van der Waals surface area contributed by atoms with Gasteiger partial charge in [-0.3, -0.25) is 19.8 Å². The van der Waals surface area contributed by atoms with E-state index >= 15 is 0 Å². The monoisotopic (exact) mass is 311 g/mol. The van der Waals surface area contributed by atoms with Gasteiger partial charge in [0.1, 0.15) is 0 Å². The second-order valence-corrected chi connectivity index (χ2v) is 4.76. The third-order valence-corrected chi connectivity index (χ3v) is 3.29. The summed E-state index contributed by atoms with van der Waals surface area (Å²) in [5.41, 5.74) is 0.777. The molecule has 0 fully saturated rings. The van der Waals surface area contributed by atoms with E-state index in [-0.39, 0.29) is 30.9 Å². The number of nitrogens with zero attached hydrogens (tertiary/aromatic N) is 3. The van der Waals surface area contributed by atoms with Gasteiger partial charge >= 0.3 is 6.03 Å². The van der Waals surface area contributed by atoms with Crippen molar-refractivity contribution < 1.29 is 14.4 Å². The summed E-state index contributed by atoms with van der Waals surface area (Å²) < 4.78 is 0. The van der Waals surface area contributed by atoms with Crippen molar-refractivity contribution in [2.24, 2.45) is 0 Å². The van der Waals surface area contributed by atoms with Gasteiger partial charge in [-0.05, 0) is 18.2 Å². The lowest BCUT2D eigenvalue weighted by Crippen LogP contribution is -2.39. The van der Waals surface area contributed by atoms with Crippen LogP contribution in [-0.2, 0) is 0 Å². The first-order valence-corrected chi connectivity index (χ1v) is 6.94. The van der Waals surface area contributed by atoms with Gasteiger partial charge in [0, 0.05) is 25.5 Å². The fourth-order valence-corrected chi connectivity index (χ4v) is 2.23. The highest BCUT2D eigenvalue weighted by Gasteiger charge is 2.34. The van der Waals surface area contributed by atoms with Gasteiger partial charge in [0.05, 0.1) is 11.1 Å². The van der Waals surface area contributed by atoms with Gasteiger partial charge in [0.25, 0.3) is 11.8 Å². The first-order chi connectivity index (χ1) is 11.2. The molecule has 3 rings (SSSR count). The molecule has 2 aromatic rings. The topological polar surface area (TPSA) is 104 Å². The van der Waals surface area contributed by atoms with Gasteiger partial charge in [-0.15, -0.1) is 0 Å². The van der Waals surface area contributed by atoms with Gasteiger partial charge in [-0.25, -0.2) is 14.8 Å². The van der Waals surface area contributed by atoms with E-state index in [2.05, 4.69) is 20.6 Å². The molecule has 0 radical (unpaired) electrons. The van der Waals surface area contributed by atoms with Crippen LogP contribution in [0, 0.1) is 0 Å². The Morgan fingerprint density at radius 2 is 1.61 bits per heavy atom. The Hall–Kier alpha value is -3.29. The Balaban J connectivity index is 1.53. The van der Waals surface area contributed by atoms with Crippen molar-refractivity contribution in [3.05, 3.63) is 53.9 Å². The zero-order chi connectivity index (χ0) is 16.2. The van der Waals surface area contributed by atoms with Gasteiger partial charge < -0.3 is 5.32 Å². The lowest BCUT2D eigenvalue weighted by Gasteiger charge is -2.14. The molecule has 23 heavy (non-hydrogen) atoms. The number of aromatic nitrogens is 2. The molecule has 2 heterocycles. The minimum Gasteiger partial charge on any atom is -0.336 e. The number of imide groups is 1. The van der Waals surface area contributed by atoms with Crippen molar-refractivity contribution in [2.75, 3.05) is 18.4 Å². The van der Waals surface area contributed by atoms with E-state index in [4.69, 9.17) is 0 Å². The maximum Gasteiger partial charge on any atom is 0.321 e. The number of hydrogen-bond donors (Lipinski definition) is 2. The Kier molecular flexibility index (Phi) is 3.96. The van der Waals surface area contributed by atoms with E-state index in [9.17, 15) is 14.4 Å². The van der Waals surface area contributed by atoms with E-state index in [1.807, 2.05) is 0 Å². The predicted molar refractivity (Wildman–Crippen MR) is 80.9 cm³/mol. The number of carbonyl (C=O) groups is 3. The number of nitrogens with one attached hydrogen (secondary N) is 2. The zero-order valence-electron chi connectivity index (χ0n) is 12.0. The van der Waals surface area contributed by atoms with Crippen LogP contribution in [0.2, 0.25) is 0 Å². The Bertz CT molecular complexity index is 728. The van der Waals surface area contributed by atoms with Gasteiger partial charge in [-0.2, -0.15) is 0 Å². The molecule has 4 amide bonds. The van der Waals surface area contributed by atoms with E-state index < -0.39 is 6.03 Å². The molecule has 0 aliphatic carbocycles. The molecule has 1 aliphatic heterocycles. The summed E-state index contributed by atoms with van der Waals surface area (Å²) in [4.78, 5) is 44.8. The van der Waals surface area contributed by atoms with Crippen molar-refractivity contribution in [3.8, 4) is 0 Å². The smallest absolute Gasteiger partial charge is 0.321 e. The molecule has 0 unspecified atom stereocenters. The Morgan fingerprint density at radius 1 is 1.00 bits per heavy atom. The van der Waals surface area contributed by atoms with Crippen molar-refractivity contribution in [3.63, 3.8) is 0 Å². The van der Waals surface area contributed by atoms with Gasteiger partial charge in [0.2, 0.25) is 5.95 Å². The molecule has 8 heteroatoms. The lowest BCUT2D eigenvalue weighted by atomic mass is 10.1. The zero-order valence-corrected chi connectivity index (χ0v) is 12.0. The van der Waals surface area contributed by atoms with Crippen LogP contribution in [0.3, 0.4) is 0 Å². The minimum atomic E-state index is -0.507. The Morgan fingerprint density at radius 3 is 2.22 bits per heavy atom. The molecule has 1 aliphatic rings. The summed E-state index contributed by atoms with van der Waals surface area (Å²) in [7, 11) is 0. The summed E-state index contributed by atoms with van der Waals surface area (Å²) in [6.07, 6.45) is 3.00. The summed E-state index contributed by atoms with van der Waals surface area (Å²) in [6.45, 7) is 0.222. The molecule has 0 saturated carbocycles. The van der Waals surface area contributed by atoms with E-state index in [0.29, 0.717) is 11.1 Å². The highest BCUT2D eigenvalue weighted by Crippen LogP contribution is 2.21. The number of hydrogen-bond acceptors (Lipinski definition) is 5. The fourth-order valence-electron chi connectivity index (χ4n) is 2.23. The van der Waals surface area contributed by atoms with Crippen LogP contribution >= 0.6 is 0 Å². The predicted octanol–water partition coefficient (Wildman–Crippen LogP) is 0.894. The molecule has 116 valence electrons. The summed E-state index contributed by atoms with van der Waals surface area (Å²) in [5.74, 6) is -0.524. The molecule has 2 N–H and O–H groups in total. The highest BCUT2D eigenvalue weighted by molar-refractivity contribution is 6.21. The lowest BCUT2D eigenvalue weighted by molar-refractivity contribution is 0.0656. The van der Waals surface area contributed by atoms with Crippen LogP contribution in [0.5, 0.6) is 0 Å². The second kappa shape index (κ2) is 6.22. The first kappa shape index (κ1) is 14.6.